The van der Waals surface area contributed by atoms with Gasteiger partial charge in [-0.25, -0.2) is 9.97 Å². The van der Waals surface area contributed by atoms with Gasteiger partial charge in [-0.3, -0.25) is 4.79 Å². The summed E-state index contributed by atoms with van der Waals surface area (Å²) in [7, 11) is 0. The highest BCUT2D eigenvalue weighted by molar-refractivity contribution is 5.98. The zero-order valence-electron chi connectivity index (χ0n) is 18.3. The fraction of sp³-hybridized carbons (Fsp3) is 0.111. The number of ketones is 1. The molecule has 3 aromatic heterocycles. The zero-order chi connectivity index (χ0) is 22.9. The minimum atomic E-state index is 0.149. The van der Waals surface area contributed by atoms with Gasteiger partial charge in [-0.2, -0.15) is 0 Å². The van der Waals surface area contributed by atoms with Crippen molar-refractivity contribution in [1.29, 1.82) is 0 Å². The lowest BCUT2D eigenvalue weighted by Gasteiger charge is -2.13. The number of hydrogen-bond donors (Lipinski definition) is 0. The van der Waals surface area contributed by atoms with Gasteiger partial charge in [0.15, 0.2) is 5.78 Å². The molecule has 0 radical (unpaired) electrons. The molecule has 0 aliphatic heterocycles. The molecule has 1 aliphatic carbocycles. The van der Waals surface area contributed by atoms with Crippen molar-refractivity contribution in [2.75, 3.05) is 0 Å². The van der Waals surface area contributed by atoms with E-state index in [1.807, 2.05) is 78.9 Å². The van der Waals surface area contributed by atoms with E-state index in [0.717, 1.165) is 46.7 Å². The number of pyridine rings is 2. The van der Waals surface area contributed by atoms with Gasteiger partial charge >= 0.3 is 0 Å². The Hall–Kier alpha value is -4.52. The van der Waals surface area contributed by atoms with Crippen LogP contribution in [0.15, 0.2) is 84.9 Å². The Kier molecular flexibility index (Phi) is 4.99. The summed E-state index contributed by atoms with van der Waals surface area (Å²) in [6.45, 7) is 0. The zero-order valence-corrected chi connectivity index (χ0v) is 18.3. The van der Waals surface area contributed by atoms with E-state index in [2.05, 4.69) is 20.4 Å². The van der Waals surface area contributed by atoms with Crippen molar-refractivity contribution < 1.29 is 4.79 Å². The molecule has 0 amide bonds. The lowest BCUT2D eigenvalue weighted by molar-refractivity contribution is 0.0971. The number of benzene rings is 2. The first kappa shape index (κ1) is 20.1. The van der Waals surface area contributed by atoms with Crippen molar-refractivity contribution in [2.24, 2.45) is 0 Å². The highest BCUT2D eigenvalue weighted by Gasteiger charge is 2.20. The molecule has 7 heteroatoms. The second-order valence-corrected chi connectivity index (χ2v) is 8.20. The summed E-state index contributed by atoms with van der Waals surface area (Å²) in [4.78, 5) is 23.2. The van der Waals surface area contributed by atoms with Crippen LogP contribution in [0.25, 0.3) is 39.7 Å². The second-order valence-electron chi connectivity index (χ2n) is 8.20. The minimum absolute atomic E-state index is 0.149. The number of carbonyl (C=O) groups is 1. The van der Waals surface area contributed by atoms with Crippen molar-refractivity contribution in [2.45, 2.75) is 19.3 Å². The van der Waals surface area contributed by atoms with Gasteiger partial charge in [0.1, 0.15) is 5.69 Å². The summed E-state index contributed by atoms with van der Waals surface area (Å²) in [5.74, 6) is 0.565. The molecule has 0 fully saturated rings. The lowest BCUT2D eigenvalue weighted by Crippen LogP contribution is -2.12. The molecule has 0 bridgehead atoms. The van der Waals surface area contributed by atoms with Gasteiger partial charge in [0.2, 0.25) is 5.82 Å². The number of Topliss-reactive ketones (excluding diaryl/α,β-unsaturated/α-hetero) is 1. The molecule has 0 unspecified atom stereocenters. The molecular weight excluding hydrogens is 424 g/mol. The normalized spacial score (nSPS) is 13.0. The Balaban J connectivity index is 1.42. The molecule has 164 valence electrons. The molecule has 0 atom stereocenters. The molecule has 0 saturated heterocycles. The van der Waals surface area contributed by atoms with Gasteiger partial charge < -0.3 is 0 Å². The van der Waals surface area contributed by atoms with Crippen LogP contribution in [0.3, 0.4) is 0 Å². The first-order valence-electron chi connectivity index (χ1n) is 11.2. The molecule has 5 aromatic rings. The third-order valence-corrected chi connectivity index (χ3v) is 5.91. The predicted octanol–water partition coefficient (Wildman–Crippen LogP) is 4.97. The number of aryl methyl sites for hydroxylation is 1. The molecule has 0 saturated carbocycles. The average Bonchev–Trinajstić information content (AvgIpc) is 3.40. The van der Waals surface area contributed by atoms with Crippen molar-refractivity contribution in [1.82, 2.24) is 30.2 Å². The van der Waals surface area contributed by atoms with Crippen LogP contribution >= 0.6 is 0 Å². The van der Waals surface area contributed by atoms with Crippen molar-refractivity contribution in [3.8, 4) is 39.7 Å². The maximum absolute atomic E-state index is 12.1. The maximum Gasteiger partial charge on any atom is 0.223 e. The standard InChI is InChI=1S/C27H20N6O/c34-26-13-7-12-22-21(26)14-15-23(28-22)27-30-32-33(31-27)20-16-24(18-8-3-1-4-9-18)29-25(17-20)19-10-5-2-6-11-19/h1-6,8-11,14-17H,7,12-13H2. The molecular formula is C27H20N6O. The lowest BCUT2D eigenvalue weighted by atomic mass is 9.94. The highest BCUT2D eigenvalue weighted by atomic mass is 16.1. The quantitative estimate of drug-likeness (QED) is 0.389. The highest BCUT2D eigenvalue weighted by Crippen LogP contribution is 2.27. The van der Waals surface area contributed by atoms with Crippen molar-refractivity contribution >= 4 is 5.78 Å². The van der Waals surface area contributed by atoms with E-state index in [9.17, 15) is 4.79 Å². The van der Waals surface area contributed by atoms with Crippen LogP contribution in [0.4, 0.5) is 0 Å². The Bertz CT molecular complexity index is 1440. The Morgan fingerprint density at radius 1 is 0.706 bits per heavy atom. The van der Waals surface area contributed by atoms with Crippen molar-refractivity contribution in [3.05, 3.63) is 96.2 Å². The van der Waals surface area contributed by atoms with E-state index in [0.29, 0.717) is 23.5 Å². The summed E-state index contributed by atoms with van der Waals surface area (Å²) in [5.41, 5.74) is 6.52. The van der Waals surface area contributed by atoms with Gasteiger partial charge in [0.25, 0.3) is 0 Å². The molecule has 0 spiro atoms. The molecule has 2 aromatic carbocycles. The van der Waals surface area contributed by atoms with Gasteiger partial charge in [0.05, 0.1) is 22.8 Å². The van der Waals surface area contributed by atoms with E-state index >= 15 is 0 Å². The summed E-state index contributed by atoms with van der Waals surface area (Å²) < 4.78 is 0. The van der Waals surface area contributed by atoms with Crippen LogP contribution < -0.4 is 0 Å². The molecule has 3 heterocycles. The van der Waals surface area contributed by atoms with E-state index in [1.54, 1.807) is 6.07 Å². The smallest absolute Gasteiger partial charge is 0.223 e. The second kappa shape index (κ2) is 8.44. The summed E-state index contributed by atoms with van der Waals surface area (Å²) >= 11 is 0. The fourth-order valence-electron chi connectivity index (χ4n) is 4.19. The third-order valence-electron chi connectivity index (χ3n) is 5.91. The Morgan fingerprint density at radius 2 is 1.38 bits per heavy atom. The SMILES string of the molecule is O=C1CCCc2nc(-c3nnn(-c4cc(-c5ccccc5)nc(-c5ccccc5)c4)n3)ccc21. The summed E-state index contributed by atoms with van der Waals surface area (Å²) in [6, 6.07) is 27.6. The van der Waals surface area contributed by atoms with Gasteiger partial charge in [-0.15, -0.1) is 15.0 Å². The first-order valence-corrected chi connectivity index (χ1v) is 11.2. The largest absolute Gasteiger partial charge is 0.294 e. The minimum Gasteiger partial charge on any atom is -0.294 e. The Labute approximate surface area is 196 Å². The van der Waals surface area contributed by atoms with E-state index < -0.39 is 0 Å². The average molecular weight is 444 g/mol. The number of rotatable bonds is 4. The van der Waals surface area contributed by atoms with Gasteiger partial charge in [0, 0.05) is 23.1 Å². The van der Waals surface area contributed by atoms with Crippen LogP contribution in [-0.4, -0.2) is 36.0 Å². The summed E-state index contributed by atoms with van der Waals surface area (Å²) in [5, 5.41) is 13.2. The maximum atomic E-state index is 12.1. The van der Waals surface area contributed by atoms with Crippen LogP contribution in [0.5, 0.6) is 0 Å². The molecule has 7 nitrogen and oxygen atoms in total. The van der Waals surface area contributed by atoms with E-state index in [4.69, 9.17) is 4.98 Å². The Morgan fingerprint density at radius 3 is 2.06 bits per heavy atom. The summed E-state index contributed by atoms with van der Waals surface area (Å²) in [6.07, 6.45) is 2.19. The van der Waals surface area contributed by atoms with E-state index in [-0.39, 0.29) is 5.78 Å². The third kappa shape index (κ3) is 3.77. The van der Waals surface area contributed by atoms with Crippen LogP contribution in [-0.2, 0) is 6.42 Å². The number of fused-ring (bicyclic) bond motifs is 1. The van der Waals surface area contributed by atoms with Gasteiger partial charge in [-0.1, -0.05) is 60.7 Å². The fourth-order valence-corrected chi connectivity index (χ4v) is 4.19. The molecule has 1 aliphatic rings. The number of hydrogen-bond acceptors (Lipinski definition) is 6. The first-order chi connectivity index (χ1) is 16.7. The number of carbonyl (C=O) groups excluding carboxylic acids is 1. The predicted molar refractivity (Wildman–Crippen MR) is 128 cm³/mol. The van der Waals surface area contributed by atoms with Gasteiger partial charge in [-0.05, 0) is 42.3 Å². The number of tetrazole rings is 1. The topological polar surface area (TPSA) is 86.5 Å². The van der Waals surface area contributed by atoms with Crippen LogP contribution in [0, 0.1) is 0 Å². The number of aromatic nitrogens is 6. The molecule has 34 heavy (non-hydrogen) atoms. The van der Waals surface area contributed by atoms with Crippen LogP contribution in [0.2, 0.25) is 0 Å². The van der Waals surface area contributed by atoms with E-state index in [1.165, 1.54) is 4.80 Å². The van der Waals surface area contributed by atoms with Crippen molar-refractivity contribution in [3.63, 3.8) is 0 Å². The number of nitrogens with zero attached hydrogens (tertiary/aromatic N) is 6. The monoisotopic (exact) mass is 444 g/mol. The molecule has 0 N–H and O–H groups in total. The molecule has 6 rings (SSSR count). The van der Waals surface area contributed by atoms with Crippen LogP contribution in [0.1, 0.15) is 28.9 Å².